The van der Waals surface area contributed by atoms with E-state index in [2.05, 4.69) is 0 Å². The molecule has 218 valence electrons. The van der Waals surface area contributed by atoms with Crippen molar-refractivity contribution in [3.8, 4) is 0 Å². The summed E-state index contributed by atoms with van der Waals surface area (Å²) in [6, 6.07) is 6.46. The molecule has 8 nitrogen and oxygen atoms in total. The molecule has 0 saturated heterocycles. The third-order valence-corrected chi connectivity index (χ3v) is 8.81. The van der Waals surface area contributed by atoms with E-state index in [1.54, 1.807) is 18.2 Å². The molecule has 6 N–H and O–H groups in total. The van der Waals surface area contributed by atoms with E-state index >= 15 is 0 Å². The minimum absolute atomic E-state index is 0.0391. The number of carbonyl (C=O) groups is 1. The largest absolute Gasteiger partial charge is 0.465 e. The van der Waals surface area contributed by atoms with Gasteiger partial charge in [-0.15, -0.1) is 11.8 Å². The third kappa shape index (κ3) is 11.1. The number of ether oxygens (including phenoxy) is 1. The molecule has 1 aromatic rings. The second-order valence-corrected chi connectivity index (χ2v) is 11.4. The summed E-state index contributed by atoms with van der Waals surface area (Å²) in [5.41, 5.74) is 0. The van der Waals surface area contributed by atoms with Crippen LogP contribution in [0.2, 0.25) is 0 Å². The van der Waals surface area contributed by atoms with Gasteiger partial charge in [0.25, 0.3) is 0 Å². The lowest BCUT2D eigenvalue weighted by Gasteiger charge is -2.24. The standard InChI is InChI=1S/C28H45FO8S/c29-24-8-5-6-9-27(24)38-18-21(33)11-12-23-22(25(34)13-26(23)35)7-3-1-2-4-10-28(36)37-17-20(16-32)19(14-30)15-31/h5-6,8-9,19-23,25-26,30-35H,1-4,7,10-18H2/t20?,21-,22-,23-,25+,26-/m1/s1. The second-order valence-electron chi connectivity index (χ2n) is 10.4. The van der Waals surface area contributed by atoms with Gasteiger partial charge in [0.2, 0.25) is 0 Å². The number of halogens is 1. The number of aliphatic hydroxyl groups is 6. The normalized spacial score (nSPS) is 23.1. The van der Waals surface area contributed by atoms with Gasteiger partial charge in [0.1, 0.15) is 5.82 Å². The summed E-state index contributed by atoms with van der Waals surface area (Å²) in [7, 11) is 0. The molecule has 1 saturated carbocycles. The highest BCUT2D eigenvalue weighted by molar-refractivity contribution is 7.99. The van der Waals surface area contributed by atoms with Gasteiger partial charge in [0.15, 0.2) is 0 Å². The van der Waals surface area contributed by atoms with Crippen molar-refractivity contribution in [2.75, 3.05) is 32.2 Å². The van der Waals surface area contributed by atoms with Gasteiger partial charge >= 0.3 is 5.97 Å². The summed E-state index contributed by atoms with van der Waals surface area (Å²) in [4.78, 5) is 12.5. The second kappa shape index (κ2) is 18.1. The van der Waals surface area contributed by atoms with Crippen LogP contribution in [0.4, 0.5) is 4.39 Å². The van der Waals surface area contributed by atoms with Crippen LogP contribution in [0.15, 0.2) is 29.2 Å². The first-order chi connectivity index (χ1) is 18.3. The van der Waals surface area contributed by atoms with Crippen molar-refractivity contribution in [1.82, 2.24) is 0 Å². The minimum atomic E-state index is -0.629. The molecule has 0 heterocycles. The van der Waals surface area contributed by atoms with Crippen molar-refractivity contribution in [1.29, 1.82) is 0 Å². The van der Waals surface area contributed by atoms with Crippen molar-refractivity contribution >= 4 is 17.7 Å². The Labute approximate surface area is 229 Å². The third-order valence-electron chi connectivity index (χ3n) is 7.62. The van der Waals surface area contributed by atoms with Crippen LogP contribution in [0.3, 0.4) is 0 Å². The van der Waals surface area contributed by atoms with Crippen LogP contribution in [0, 0.1) is 29.5 Å². The Morgan fingerprint density at radius 1 is 0.947 bits per heavy atom. The molecule has 1 aliphatic rings. The quantitative estimate of drug-likeness (QED) is 0.0853. The molecule has 0 radical (unpaired) electrons. The van der Waals surface area contributed by atoms with Gasteiger partial charge in [-0.25, -0.2) is 4.39 Å². The Morgan fingerprint density at radius 2 is 1.58 bits per heavy atom. The van der Waals surface area contributed by atoms with E-state index in [0.717, 1.165) is 25.7 Å². The first-order valence-corrected chi connectivity index (χ1v) is 14.7. The van der Waals surface area contributed by atoms with Gasteiger partial charge in [-0.2, -0.15) is 0 Å². The molecule has 0 aromatic heterocycles. The molecule has 1 fully saturated rings. The Balaban J connectivity index is 1.63. The van der Waals surface area contributed by atoms with Crippen LogP contribution in [0.1, 0.15) is 57.8 Å². The molecular weight excluding hydrogens is 515 g/mol. The lowest BCUT2D eigenvalue weighted by atomic mass is 9.85. The van der Waals surface area contributed by atoms with Gasteiger partial charge < -0.3 is 35.4 Å². The van der Waals surface area contributed by atoms with Crippen LogP contribution in [0.5, 0.6) is 0 Å². The summed E-state index contributed by atoms with van der Waals surface area (Å²) in [6.45, 7) is -0.904. The number of benzene rings is 1. The zero-order valence-corrected chi connectivity index (χ0v) is 22.9. The lowest BCUT2D eigenvalue weighted by molar-refractivity contribution is -0.146. The number of hydrogen-bond donors (Lipinski definition) is 6. The summed E-state index contributed by atoms with van der Waals surface area (Å²) in [5, 5.41) is 59.1. The van der Waals surface area contributed by atoms with E-state index in [9.17, 15) is 39.8 Å². The number of aliphatic hydroxyl groups excluding tert-OH is 6. The van der Waals surface area contributed by atoms with Gasteiger partial charge in [-0.05, 0) is 56.1 Å². The maximum Gasteiger partial charge on any atom is 0.305 e. The number of rotatable bonds is 19. The molecule has 2 rings (SSSR count). The summed E-state index contributed by atoms with van der Waals surface area (Å²) in [6.07, 6.45) is 3.80. The average Bonchev–Trinajstić information content (AvgIpc) is 3.18. The zero-order valence-electron chi connectivity index (χ0n) is 22.0. The predicted octanol–water partition coefficient (Wildman–Crippen LogP) is 2.51. The average molecular weight is 561 g/mol. The van der Waals surface area contributed by atoms with E-state index < -0.39 is 30.1 Å². The predicted molar refractivity (Wildman–Crippen MR) is 143 cm³/mol. The molecule has 6 atom stereocenters. The monoisotopic (exact) mass is 560 g/mol. The van der Waals surface area contributed by atoms with Crippen molar-refractivity contribution in [2.24, 2.45) is 23.7 Å². The smallest absolute Gasteiger partial charge is 0.305 e. The first kappa shape index (κ1) is 32.9. The number of unbranched alkanes of at least 4 members (excludes halogenated alkanes) is 3. The Hall–Kier alpha value is -1.27. The fraction of sp³-hybridized carbons (Fsp3) is 0.750. The molecule has 1 aromatic carbocycles. The molecule has 0 aliphatic heterocycles. The fourth-order valence-electron chi connectivity index (χ4n) is 5.17. The summed E-state index contributed by atoms with van der Waals surface area (Å²) >= 11 is 1.27. The number of esters is 1. The highest BCUT2D eigenvalue weighted by atomic mass is 32.2. The van der Waals surface area contributed by atoms with E-state index in [0.29, 0.717) is 36.3 Å². The van der Waals surface area contributed by atoms with E-state index in [4.69, 9.17) is 4.74 Å². The molecule has 38 heavy (non-hydrogen) atoms. The summed E-state index contributed by atoms with van der Waals surface area (Å²) in [5.74, 6) is -1.47. The van der Waals surface area contributed by atoms with Crippen molar-refractivity contribution in [2.45, 2.75) is 81.0 Å². The highest BCUT2D eigenvalue weighted by Crippen LogP contribution is 2.39. The number of thioether (sulfide) groups is 1. The maximum absolute atomic E-state index is 13.8. The van der Waals surface area contributed by atoms with Gasteiger partial charge in [-0.1, -0.05) is 31.4 Å². The topological polar surface area (TPSA) is 148 Å². The van der Waals surface area contributed by atoms with Crippen molar-refractivity contribution in [3.05, 3.63) is 30.1 Å². The molecule has 1 aliphatic carbocycles. The summed E-state index contributed by atoms with van der Waals surface area (Å²) < 4.78 is 19.0. The highest BCUT2D eigenvalue weighted by Gasteiger charge is 2.40. The molecule has 10 heteroatoms. The van der Waals surface area contributed by atoms with Crippen LogP contribution < -0.4 is 0 Å². The molecular formula is C28H45FO8S. The molecule has 0 amide bonds. The Morgan fingerprint density at radius 3 is 2.24 bits per heavy atom. The Kier molecular flexibility index (Phi) is 15.7. The van der Waals surface area contributed by atoms with E-state index in [1.807, 2.05) is 0 Å². The number of hydrogen-bond acceptors (Lipinski definition) is 9. The van der Waals surface area contributed by atoms with E-state index in [1.165, 1.54) is 17.8 Å². The van der Waals surface area contributed by atoms with Gasteiger partial charge in [0, 0.05) is 48.7 Å². The Bertz CT molecular complexity index is 796. The number of carbonyl (C=O) groups excluding carboxylic acids is 1. The maximum atomic E-state index is 13.8. The first-order valence-electron chi connectivity index (χ1n) is 13.7. The van der Waals surface area contributed by atoms with Crippen LogP contribution in [-0.2, 0) is 9.53 Å². The SMILES string of the molecule is O=C(CCCCCC[C@@H]1[C@@H](CC[C@@H](O)CSc2ccccc2F)[C@H](O)C[C@@H]1O)OCC(CO)C(CO)CO. The van der Waals surface area contributed by atoms with Crippen LogP contribution in [0.25, 0.3) is 0 Å². The van der Waals surface area contributed by atoms with Crippen molar-refractivity contribution < 1.29 is 44.6 Å². The van der Waals surface area contributed by atoms with Gasteiger partial charge in [-0.3, -0.25) is 4.79 Å². The minimum Gasteiger partial charge on any atom is -0.465 e. The molecule has 0 spiro atoms. The zero-order chi connectivity index (χ0) is 27.9. The van der Waals surface area contributed by atoms with E-state index in [-0.39, 0.29) is 56.5 Å². The van der Waals surface area contributed by atoms with Gasteiger partial charge in [0.05, 0.1) is 24.9 Å². The molecule has 0 bridgehead atoms. The molecule has 1 unspecified atom stereocenters. The van der Waals surface area contributed by atoms with Crippen LogP contribution in [-0.4, -0.2) is 87.1 Å². The lowest BCUT2D eigenvalue weighted by Crippen LogP contribution is -2.30. The fourth-order valence-corrected chi connectivity index (χ4v) is 6.08. The van der Waals surface area contributed by atoms with Crippen molar-refractivity contribution in [3.63, 3.8) is 0 Å². The van der Waals surface area contributed by atoms with Crippen LogP contribution >= 0.6 is 11.8 Å².